The Morgan fingerprint density at radius 2 is 1.96 bits per heavy atom. The van der Waals surface area contributed by atoms with Gasteiger partial charge in [-0.2, -0.15) is 0 Å². The van der Waals surface area contributed by atoms with Gasteiger partial charge in [0.25, 0.3) is 5.91 Å². The Morgan fingerprint density at radius 1 is 1.22 bits per heavy atom. The Labute approximate surface area is 158 Å². The molecule has 8 nitrogen and oxygen atoms in total. The molecule has 1 aliphatic rings. The average molecular weight is 370 g/mol. The highest BCUT2D eigenvalue weighted by Gasteiger charge is 2.35. The van der Waals surface area contributed by atoms with E-state index in [9.17, 15) is 9.59 Å². The van der Waals surface area contributed by atoms with Crippen LogP contribution in [0.25, 0.3) is 0 Å². The van der Waals surface area contributed by atoms with Gasteiger partial charge in [-0.15, -0.1) is 5.10 Å². The van der Waals surface area contributed by atoms with Crippen LogP contribution in [0.15, 0.2) is 24.3 Å². The molecule has 1 aromatic carbocycles. The molecule has 144 valence electrons. The summed E-state index contributed by atoms with van der Waals surface area (Å²) in [6.45, 7) is 7.32. The van der Waals surface area contributed by atoms with Crippen molar-refractivity contribution in [3.8, 4) is 0 Å². The normalized spacial score (nSPS) is 19.3. The highest BCUT2D eigenvalue weighted by molar-refractivity contribution is 5.94. The highest BCUT2D eigenvalue weighted by atomic mass is 16.2. The number of aryl methyl sites for hydroxylation is 1. The third-order valence-electron chi connectivity index (χ3n) is 5.02. The maximum atomic E-state index is 12.9. The molecule has 2 unspecified atom stereocenters. The standard InChI is InChI=1S/C19H26N6O2/c1-4-5-17-11-24(12-18(17)20-14(3)26)19(27)16-8-6-15(7-9-16)10-25-13(2)21-22-23-25/h6-9,17-18H,4-5,10-12H2,1-3H3,(H,20,26). The van der Waals surface area contributed by atoms with E-state index in [1.807, 2.05) is 36.1 Å². The summed E-state index contributed by atoms with van der Waals surface area (Å²) >= 11 is 0. The van der Waals surface area contributed by atoms with Crippen molar-refractivity contribution in [1.82, 2.24) is 30.4 Å². The highest BCUT2D eigenvalue weighted by Crippen LogP contribution is 2.23. The molecular weight excluding hydrogens is 344 g/mol. The molecule has 1 N–H and O–H groups in total. The zero-order chi connectivity index (χ0) is 19.4. The quantitative estimate of drug-likeness (QED) is 0.830. The molecule has 2 atom stereocenters. The van der Waals surface area contributed by atoms with Crippen molar-refractivity contribution in [2.75, 3.05) is 13.1 Å². The van der Waals surface area contributed by atoms with E-state index in [4.69, 9.17) is 0 Å². The summed E-state index contributed by atoms with van der Waals surface area (Å²) in [4.78, 5) is 26.2. The van der Waals surface area contributed by atoms with Crippen molar-refractivity contribution >= 4 is 11.8 Å². The fourth-order valence-corrected chi connectivity index (χ4v) is 3.63. The van der Waals surface area contributed by atoms with Crippen LogP contribution in [-0.4, -0.2) is 56.1 Å². The van der Waals surface area contributed by atoms with Crippen LogP contribution in [0.3, 0.4) is 0 Å². The minimum atomic E-state index is -0.0438. The van der Waals surface area contributed by atoms with E-state index >= 15 is 0 Å². The Morgan fingerprint density at radius 3 is 2.56 bits per heavy atom. The third kappa shape index (κ3) is 4.50. The molecule has 0 spiro atoms. The van der Waals surface area contributed by atoms with Gasteiger partial charge in [-0.1, -0.05) is 25.5 Å². The van der Waals surface area contributed by atoms with E-state index < -0.39 is 0 Å². The lowest BCUT2D eigenvalue weighted by Crippen LogP contribution is -2.39. The van der Waals surface area contributed by atoms with Gasteiger partial charge in [-0.05, 0) is 47.4 Å². The summed E-state index contributed by atoms with van der Waals surface area (Å²) in [6.07, 6.45) is 2.03. The second kappa shape index (κ2) is 8.28. The Balaban J connectivity index is 1.66. The lowest BCUT2D eigenvalue weighted by Gasteiger charge is -2.17. The van der Waals surface area contributed by atoms with Gasteiger partial charge in [0.15, 0.2) is 0 Å². The molecule has 2 aromatic rings. The number of tetrazole rings is 1. The minimum Gasteiger partial charge on any atom is -0.351 e. The van der Waals surface area contributed by atoms with Crippen molar-refractivity contribution in [2.24, 2.45) is 5.92 Å². The second-order valence-electron chi connectivity index (χ2n) is 7.15. The second-order valence-corrected chi connectivity index (χ2v) is 7.15. The van der Waals surface area contributed by atoms with Crippen LogP contribution in [0.2, 0.25) is 0 Å². The predicted octanol–water partition coefficient (Wildman–Crippen LogP) is 1.41. The van der Waals surface area contributed by atoms with Crippen molar-refractivity contribution in [3.05, 3.63) is 41.2 Å². The fraction of sp³-hybridized carbons (Fsp3) is 0.526. The number of carbonyl (C=O) groups excluding carboxylic acids is 2. The monoisotopic (exact) mass is 370 g/mol. The number of hydrogen-bond acceptors (Lipinski definition) is 5. The zero-order valence-electron chi connectivity index (χ0n) is 16.1. The van der Waals surface area contributed by atoms with E-state index in [1.54, 1.807) is 4.68 Å². The van der Waals surface area contributed by atoms with Gasteiger partial charge >= 0.3 is 0 Å². The minimum absolute atomic E-state index is 0.00843. The molecule has 1 aromatic heterocycles. The first kappa shape index (κ1) is 19.0. The van der Waals surface area contributed by atoms with E-state index in [0.717, 1.165) is 24.2 Å². The Bertz CT molecular complexity index is 801. The summed E-state index contributed by atoms with van der Waals surface area (Å²) in [5, 5.41) is 14.4. The van der Waals surface area contributed by atoms with Crippen LogP contribution in [0.5, 0.6) is 0 Å². The van der Waals surface area contributed by atoms with Crippen molar-refractivity contribution in [2.45, 2.75) is 46.2 Å². The number of carbonyl (C=O) groups is 2. The van der Waals surface area contributed by atoms with Gasteiger partial charge in [0.1, 0.15) is 5.82 Å². The summed E-state index contributed by atoms with van der Waals surface area (Å²) < 4.78 is 1.71. The first-order chi connectivity index (χ1) is 13.0. The molecule has 0 bridgehead atoms. The lowest BCUT2D eigenvalue weighted by atomic mass is 9.98. The van der Waals surface area contributed by atoms with Gasteiger partial charge in [0, 0.05) is 25.6 Å². The average Bonchev–Trinajstić information content (AvgIpc) is 3.22. The van der Waals surface area contributed by atoms with Crippen LogP contribution in [0.4, 0.5) is 0 Å². The zero-order valence-corrected chi connectivity index (χ0v) is 16.1. The summed E-state index contributed by atoms with van der Waals surface area (Å²) in [5.41, 5.74) is 1.69. The molecule has 2 heterocycles. The maximum absolute atomic E-state index is 12.9. The number of rotatable bonds is 6. The smallest absolute Gasteiger partial charge is 0.253 e. The van der Waals surface area contributed by atoms with Crippen LogP contribution in [0.1, 0.15) is 48.4 Å². The van der Waals surface area contributed by atoms with Crippen molar-refractivity contribution < 1.29 is 9.59 Å². The van der Waals surface area contributed by atoms with E-state index in [2.05, 4.69) is 27.8 Å². The Kier molecular flexibility index (Phi) is 5.83. The van der Waals surface area contributed by atoms with Gasteiger partial charge < -0.3 is 10.2 Å². The molecular formula is C19H26N6O2. The van der Waals surface area contributed by atoms with E-state index in [0.29, 0.717) is 31.1 Å². The molecule has 1 fully saturated rings. The fourth-order valence-electron chi connectivity index (χ4n) is 3.63. The predicted molar refractivity (Wildman–Crippen MR) is 100 cm³/mol. The number of hydrogen-bond donors (Lipinski definition) is 1. The van der Waals surface area contributed by atoms with E-state index in [1.165, 1.54) is 6.92 Å². The van der Waals surface area contributed by atoms with Gasteiger partial charge in [-0.3, -0.25) is 9.59 Å². The maximum Gasteiger partial charge on any atom is 0.253 e. The summed E-state index contributed by atoms with van der Waals surface area (Å²) in [7, 11) is 0. The third-order valence-corrected chi connectivity index (χ3v) is 5.02. The lowest BCUT2D eigenvalue weighted by molar-refractivity contribution is -0.119. The van der Waals surface area contributed by atoms with Crippen molar-refractivity contribution in [1.29, 1.82) is 0 Å². The number of benzene rings is 1. The largest absolute Gasteiger partial charge is 0.351 e. The molecule has 0 saturated carbocycles. The molecule has 8 heteroatoms. The molecule has 3 rings (SSSR count). The molecule has 1 saturated heterocycles. The van der Waals surface area contributed by atoms with Gasteiger partial charge in [-0.25, -0.2) is 4.68 Å². The first-order valence-corrected chi connectivity index (χ1v) is 9.36. The van der Waals surface area contributed by atoms with Gasteiger partial charge in [0.05, 0.1) is 12.6 Å². The molecule has 0 aliphatic carbocycles. The molecule has 0 radical (unpaired) electrons. The van der Waals surface area contributed by atoms with Crippen molar-refractivity contribution in [3.63, 3.8) is 0 Å². The Hall–Kier alpha value is -2.77. The van der Waals surface area contributed by atoms with Crippen LogP contribution >= 0.6 is 0 Å². The van der Waals surface area contributed by atoms with Crippen LogP contribution < -0.4 is 5.32 Å². The number of nitrogens with zero attached hydrogens (tertiary/aromatic N) is 5. The number of nitrogens with one attached hydrogen (secondary N) is 1. The first-order valence-electron chi connectivity index (χ1n) is 9.36. The molecule has 2 amide bonds. The number of likely N-dealkylation sites (tertiary alicyclic amines) is 1. The van der Waals surface area contributed by atoms with E-state index in [-0.39, 0.29) is 17.9 Å². The SMILES string of the molecule is CCCC1CN(C(=O)c2ccc(Cn3nnnc3C)cc2)CC1NC(C)=O. The summed E-state index contributed by atoms with van der Waals surface area (Å²) in [6, 6.07) is 7.59. The van der Waals surface area contributed by atoms with Crippen LogP contribution in [-0.2, 0) is 11.3 Å². The molecule has 1 aliphatic heterocycles. The van der Waals surface area contributed by atoms with Crippen LogP contribution in [0, 0.1) is 12.8 Å². The molecule has 27 heavy (non-hydrogen) atoms. The summed E-state index contributed by atoms with van der Waals surface area (Å²) in [5.74, 6) is 1.02. The van der Waals surface area contributed by atoms with Gasteiger partial charge in [0.2, 0.25) is 5.91 Å². The topological polar surface area (TPSA) is 93.0 Å². The number of amides is 2. The number of aromatic nitrogens is 4.